The van der Waals surface area contributed by atoms with Crippen molar-refractivity contribution >= 4 is 23.2 Å². The number of halogens is 1. The summed E-state index contributed by atoms with van der Waals surface area (Å²) in [6, 6.07) is 15.7. The van der Waals surface area contributed by atoms with E-state index in [0.717, 1.165) is 17.7 Å². The molecule has 0 aromatic heterocycles. The summed E-state index contributed by atoms with van der Waals surface area (Å²) in [4.78, 5) is 12.3. The molecule has 0 spiro atoms. The smallest absolute Gasteiger partial charge is 0.238 e. The number of hydrogen-bond acceptors (Lipinski definition) is 2. The minimum absolute atomic E-state index is 0.0356. The predicted molar refractivity (Wildman–Crippen MR) is 102 cm³/mol. The number of amides is 1. The van der Waals surface area contributed by atoms with Crippen LogP contribution in [0.25, 0.3) is 0 Å². The summed E-state index contributed by atoms with van der Waals surface area (Å²) in [6.45, 7) is 6.62. The number of benzene rings is 2. The summed E-state index contributed by atoms with van der Waals surface area (Å²) in [6.07, 6.45) is 1.04. The van der Waals surface area contributed by atoms with Crippen LogP contribution in [-0.4, -0.2) is 12.5 Å². The maximum Gasteiger partial charge on any atom is 0.238 e. The number of nitrogens with one attached hydrogen (secondary N) is 2. The van der Waals surface area contributed by atoms with Gasteiger partial charge in [0.15, 0.2) is 0 Å². The van der Waals surface area contributed by atoms with Crippen LogP contribution in [0.4, 0.5) is 5.69 Å². The third-order valence-electron chi connectivity index (χ3n) is 4.32. The van der Waals surface area contributed by atoms with Gasteiger partial charge in [0, 0.05) is 16.8 Å². The van der Waals surface area contributed by atoms with Crippen LogP contribution in [0.15, 0.2) is 48.5 Å². The van der Waals surface area contributed by atoms with E-state index < -0.39 is 0 Å². The normalized spacial score (nSPS) is 13.3. The molecule has 2 atom stereocenters. The Morgan fingerprint density at radius 2 is 1.75 bits per heavy atom. The van der Waals surface area contributed by atoms with Crippen LogP contribution in [0, 0.1) is 0 Å². The van der Waals surface area contributed by atoms with Gasteiger partial charge in [0.2, 0.25) is 5.91 Å². The van der Waals surface area contributed by atoms with Gasteiger partial charge in [-0.2, -0.15) is 0 Å². The molecule has 0 aliphatic rings. The van der Waals surface area contributed by atoms with Crippen LogP contribution in [0.2, 0.25) is 5.02 Å². The molecule has 2 rings (SSSR count). The number of carbonyl (C=O) groups is 1. The zero-order valence-corrected chi connectivity index (χ0v) is 15.2. The first-order valence-corrected chi connectivity index (χ1v) is 8.76. The van der Waals surface area contributed by atoms with Gasteiger partial charge in [-0.1, -0.05) is 55.8 Å². The molecule has 2 aromatic rings. The van der Waals surface area contributed by atoms with Crippen LogP contribution in [0.1, 0.15) is 50.3 Å². The van der Waals surface area contributed by atoms with E-state index in [1.807, 2.05) is 49.4 Å². The van der Waals surface area contributed by atoms with Gasteiger partial charge in [-0.15, -0.1) is 0 Å². The van der Waals surface area contributed by atoms with E-state index in [1.54, 1.807) is 0 Å². The summed E-state index contributed by atoms with van der Waals surface area (Å²) in [5, 5.41) is 6.98. The van der Waals surface area contributed by atoms with E-state index in [9.17, 15) is 4.79 Å². The first kappa shape index (κ1) is 18.5. The molecule has 1 amide bonds. The average molecular weight is 345 g/mol. The molecule has 2 N–H and O–H groups in total. The Bertz CT molecular complexity index is 670. The maximum absolute atomic E-state index is 12.3. The van der Waals surface area contributed by atoms with Gasteiger partial charge in [0.1, 0.15) is 0 Å². The summed E-state index contributed by atoms with van der Waals surface area (Å²) < 4.78 is 0. The number of hydrogen-bond donors (Lipinski definition) is 2. The standard InChI is InChI=1S/C20H25ClN2O/c1-4-14(2)18-7-5-6-8-19(18)23-20(24)13-22-15(3)16-9-11-17(21)12-10-16/h5-12,14-15,22H,4,13H2,1-3H3,(H,23,24)/t14-,15-/m1/s1. The van der Waals surface area contributed by atoms with Gasteiger partial charge in [-0.3, -0.25) is 4.79 Å². The molecule has 0 bridgehead atoms. The van der Waals surface area contributed by atoms with Gasteiger partial charge < -0.3 is 10.6 Å². The first-order chi connectivity index (χ1) is 11.5. The van der Waals surface area contributed by atoms with Crippen molar-refractivity contribution in [1.29, 1.82) is 0 Å². The van der Waals surface area contributed by atoms with E-state index in [1.165, 1.54) is 5.56 Å². The van der Waals surface area contributed by atoms with Crippen LogP contribution < -0.4 is 10.6 Å². The Morgan fingerprint density at radius 3 is 2.42 bits per heavy atom. The van der Waals surface area contributed by atoms with Crippen LogP contribution in [-0.2, 0) is 4.79 Å². The molecule has 0 radical (unpaired) electrons. The zero-order valence-electron chi connectivity index (χ0n) is 14.5. The molecule has 2 aromatic carbocycles. The highest BCUT2D eigenvalue weighted by atomic mass is 35.5. The maximum atomic E-state index is 12.3. The van der Waals surface area contributed by atoms with Gasteiger partial charge in [-0.25, -0.2) is 0 Å². The third kappa shape index (κ3) is 5.08. The largest absolute Gasteiger partial charge is 0.325 e. The SMILES string of the molecule is CC[C@@H](C)c1ccccc1NC(=O)CN[C@H](C)c1ccc(Cl)cc1. The van der Waals surface area contributed by atoms with Crippen molar-refractivity contribution in [1.82, 2.24) is 5.32 Å². The Morgan fingerprint density at radius 1 is 1.08 bits per heavy atom. The topological polar surface area (TPSA) is 41.1 Å². The van der Waals surface area contributed by atoms with Crippen LogP contribution in [0.3, 0.4) is 0 Å². The lowest BCUT2D eigenvalue weighted by Gasteiger charge is -2.17. The summed E-state index contributed by atoms with van der Waals surface area (Å²) in [7, 11) is 0. The molecule has 0 heterocycles. The van der Waals surface area contributed by atoms with Crippen molar-refractivity contribution in [2.75, 3.05) is 11.9 Å². The molecule has 0 unspecified atom stereocenters. The molecular formula is C20H25ClN2O. The number of para-hydroxylation sites is 1. The van der Waals surface area contributed by atoms with E-state index >= 15 is 0 Å². The summed E-state index contributed by atoms with van der Waals surface area (Å²) in [5.74, 6) is 0.383. The molecule has 0 aliphatic heterocycles. The van der Waals surface area contributed by atoms with E-state index in [2.05, 4.69) is 30.5 Å². The Hall–Kier alpha value is -1.84. The van der Waals surface area contributed by atoms with Crippen molar-refractivity contribution in [3.8, 4) is 0 Å². The van der Waals surface area contributed by atoms with Gasteiger partial charge in [0.25, 0.3) is 0 Å². The zero-order chi connectivity index (χ0) is 17.5. The fourth-order valence-corrected chi connectivity index (χ4v) is 2.70. The number of carbonyl (C=O) groups excluding carboxylic acids is 1. The van der Waals surface area contributed by atoms with Crippen LogP contribution in [0.5, 0.6) is 0 Å². The second-order valence-electron chi connectivity index (χ2n) is 6.10. The molecule has 128 valence electrons. The summed E-state index contributed by atoms with van der Waals surface area (Å²) >= 11 is 5.90. The quantitative estimate of drug-likeness (QED) is 0.729. The van der Waals surface area contributed by atoms with Crippen molar-refractivity contribution in [2.45, 2.75) is 39.2 Å². The fraction of sp³-hybridized carbons (Fsp3) is 0.350. The molecular weight excluding hydrogens is 320 g/mol. The lowest BCUT2D eigenvalue weighted by molar-refractivity contribution is -0.115. The van der Waals surface area contributed by atoms with Crippen molar-refractivity contribution in [3.05, 3.63) is 64.7 Å². The molecule has 0 aliphatic carbocycles. The van der Waals surface area contributed by atoms with Gasteiger partial charge >= 0.3 is 0 Å². The summed E-state index contributed by atoms with van der Waals surface area (Å²) in [5.41, 5.74) is 3.18. The minimum Gasteiger partial charge on any atom is -0.325 e. The Balaban J connectivity index is 1.93. The Kier molecular flexibility index (Phi) is 6.83. The molecule has 0 fully saturated rings. The highest BCUT2D eigenvalue weighted by Gasteiger charge is 2.12. The highest BCUT2D eigenvalue weighted by molar-refractivity contribution is 6.30. The van der Waals surface area contributed by atoms with Gasteiger partial charge in [-0.05, 0) is 48.6 Å². The second kappa shape index (κ2) is 8.86. The molecule has 24 heavy (non-hydrogen) atoms. The predicted octanol–water partition coefficient (Wildman–Crippen LogP) is 5.14. The lowest BCUT2D eigenvalue weighted by atomic mass is 9.97. The fourth-order valence-electron chi connectivity index (χ4n) is 2.57. The molecule has 0 saturated heterocycles. The monoisotopic (exact) mass is 344 g/mol. The van der Waals surface area contributed by atoms with E-state index in [0.29, 0.717) is 10.9 Å². The molecule has 4 heteroatoms. The second-order valence-corrected chi connectivity index (χ2v) is 6.54. The van der Waals surface area contributed by atoms with E-state index in [-0.39, 0.29) is 18.5 Å². The molecule has 0 saturated carbocycles. The highest BCUT2D eigenvalue weighted by Crippen LogP contribution is 2.26. The third-order valence-corrected chi connectivity index (χ3v) is 4.57. The Labute approximate surface area is 149 Å². The van der Waals surface area contributed by atoms with Gasteiger partial charge in [0.05, 0.1) is 6.54 Å². The lowest BCUT2D eigenvalue weighted by Crippen LogP contribution is -2.30. The average Bonchev–Trinajstić information content (AvgIpc) is 2.60. The number of anilines is 1. The minimum atomic E-state index is -0.0356. The van der Waals surface area contributed by atoms with Crippen LogP contribution >= 0.6 is 11.6 Å². The first-order valence-electron chi connectivity index (χ1n) is 8.39. The van der Waals surface area contributed by atoms with E-state index in [4.69, 9.17) is 11.6 Å². The van der Waals surface area contributed by atoms with Crippen molar-refractivity contribution < 1.29 is 4.79 Å². The molecule has 3 nitrogen and oxygen atoms in total. The van der Waals surface area contributed by atoms with Crippen molar-refractivity contribution in [2.24, 2.45) is 0 Å². The van der Waals surface area contributed by atoms with Crippen molar-refractivity contribution in [3.63, 3.8) is 0 Å². The number of rotatable bonds is 7.